The molecule has 0 amide bonds. The summed E-state index contributed by atoms with van der Waals surface area (Å²) in [5, 5.41) is 10.2. The fourth-order valence-electron chi connectivity index (χ4n) is 1.86. The van der Waals surface area contributed by atoms with Gasteiger partial charge in [-0.05, 0) is 25.0 Å². The first-order valence-corrected chi connectivity index (χ1v) is 6.23. The van der Waals surface area contributed by atoms with E-state index in [1.807, 2.05) is 23.9 Å². The van der Waals surface area contributed by atoms with E-state index in [0.717, 1.165) is 24.4 Å². The zero-order chi connectivity index (χ0) is 9.80. The minimum atomic E-state index is -0.108. The molecular weight excluding hydrogens is 196 g/mol. The SMILES string of the molecule is OC1CCCCC1SCc1ccco1. The van der Waals surface area contributed by atoms with Crippen LogP contribution in [0.2, 0.25) is 0 Å². The van der Waals surface area contributed by atoms with E-state index in [9.17, 15) is 5.11 Å². The fourth-order valence-corrected chi connectivity index (χ4v) is 3.09. The average Bonchev–Trinajstić information content (AvgIpc) is 2.69. The molecule has 0 saturated heterocycles. The van der Waals surface area contributed by atoms with E-state index in [1.54, 1.807) is 6.26 Å². The molecule has 1 heterocycles. The number of furan rings is 1. The number of aliphatic hydroxyl groups excluding tert-OH is 1. The fraction of sp³-hybridized carbons (Fsp3) is 0.636. The van der Waals surface area contributed by atoms with Gasteiger partial charge in [0.25, 0.3) is 0 Å². The Hall–Kier alpha value is -0.410. The predicted molar refractivity (Wildman–Crippen MR) is 58.3 cm³/mol. The summed E-state index contributed by atoms with van der Waals surface area (Å²) in [7, 11) is 0. The van der Waals surface area contributed by atoms with Crippen LogP contribution in [-0.4, -0.2) is 16.5 Å². The Kier molecular flexibility index (Phi) is 3.54. The molecule has 0 aliphatic heterocycles. The largest absolute Gasteiger partial charge is 0.468 e. The molecule has 0 radical (unpaired) electrons. The molecule has 2 atom stereocenters. The highest BCUT2D eigenvalue weighted by molar-refractivity contribution is 7.99. The van der Waals surface area contributed by atoms with Gasteiger partial charge in [-0.2, -0.15) is 0 Å². The topological polar surface area (TPSA) is 33.4 Å². The molecule has 14 heavy (non-hydrogen) atoms. The highest BCUT2D eigenvalue weighted by atomic mass is 32.2. The summed E-state index contributed by atoms with van der Waals surface area (Å²) in [5.74, 6) is 1.89. The lowest BCUT2D eigenvalue weighted by molar-refractivity contribution is 0.137. The van der Waals surface area contributed by atoms with Crippen molar-refractivity contribution in [3.05, 3.63) is 24.2 Å². The van der Waals surface area contributed by atoms with Crippen molar-refractivity contribution in [3.63, 3.8) is 0 Å². The number of rotatable bonds is 3. The van der Waals surface area contributed by atoms with Gasteiger partial charge in [0.05, 0.1) is 18.1 Å². The Morgan fingerprint density at radius 1 is 1.43 bits per heavy atom. The highest BCUT2D eigenvalue weighted by Crippen LogP contribution is 2.30. The van der Waals surface area contributed by atoms with Crippen molar-refractivity contribution in [1.82, 2.24) is 0 Å². The van der Waals surface area contributed by atoms with Crippen molar-refractivity contribution in [1.29, 1.82) is 0 Å². The molecule has 1 N–H and O–H groups in total. The Balaban J connectivity index is 1.79. The zero-order valence-electron chi connectivity index (χ0n) is 8.19. The van der Waals surface area contributed by atoms with Gasteiger partial charge in [-0.25, -0.2) is 0 Å². The predicted octanol–water partition coefficient (Wildman–Crippen LogP) is 2.82. The standard InChI is InChI=1S/C11H16O2S/c12-10-5-1-2-6-11(10)14-8-9-4-3-7-13-9/h3-4,7,10-12H,1-2,5-6,8H2. The molecule has 1 aliphatic carbocycles. The summed E-state index contributed by atoms with van der Waals surface area (Å²) in [6, 6.07) is 3.90. The van der Waals surface area contributed by atoms with E-state index >= 15 is 0 Å². The molecule has 1 aliphatic rings. The summed E-state index contributed by atoms with van der Waals surface area (Å²) in [6.07, 6.45) is 6.14. The molecule has 1 saturated carbocycles. The maximum atomic E-state index is 9.75. The number of thioether (sulfide) groups is 1. The van der Waals surface area contributed by atoms with Crippen molar-refractivity contribution in [3.8, 4) is 0 Å². The lowest BCUT2D eigenvalue weighted by Crippen LogP contribution is -2.26. The molecule has 1 aromatic heterocycles. The molecule has 0 spiro atoms. The van der Waals surface area contributed by atoms with Gasteiger partial charge in [-0.3, -0.25) is 0 Å². The first-order valence-electron chi connectivity index (χ1n) is 5.18. The molecular formula is C11H16O2S. The van der Waals surface area contributed by atoms with Crippen LogP contribution in [0, 0.1) is 0 Å². The zero-order valence-corrected chi connectivity index (χ0v) is 9.00. The molecule has 1 fully saturated rings. The second-order valence-corrected chi connectivity index (χ2v) is 5.01. The van der Waals surface area contributed by atoms with E-state index in [4.69, 9.17) is 4.42 Å². The van der Waals surface area contributed by atoms with Crippen LogP contribution < -0.4 is 0 Å². The van der Waals surface area contributed by atoms with Crippen LogP contribution in [0.15, 0.2) is 22.8 Å². The molecule has 0 aromatic carbocycles. The summed E-state index contributed by atoms with van der Waals surface area (Å²) >= 11 is 1.82. The first kappa shape index (κ1) is 10.1. The van der Waals surface area contributed by atoms with Gasteiger partial charge in [0.15, 0.2) is 0 Å². The third-order valence-electron chi connectivity index (χ3n) is 2.69. The normalized spacial score (nSPS) is 27.8. The van der Waals surface area contributed by atoms with Crippen molar-refractivity contribution in [2.24, 2.45) is 0 Å². The quantitative estimate of drug-likeness (QED) is 0.836. The van der Waals surface area contributed by atoms with Crippen LogP contribution in [0.3, 0.4) is 0 Å². The van der Waals surface area contributed by atoms with E-state index in [1.165, 1.54) is 12.8 Å². The molecule has 78 valence electrons. The Bertz CT molecular complexity index is 258. The number of hydrogen-bond acceptors (Lipinski definition) is 3. The third-order valence-corrected chi connectivity index (χ3v) is 4.12. The molecule has 0 bridgehead atoms. The van der Waals surface area contributed by atoms with Gasteiger partial charge in [0, 0.05) is 5.25 Å². The summed E-state index contributed by atoms with van der Waals surface area (Å²) in [5.41, 5.74) is 0. The molecule has 2 nitrogen and oxygen atoms in total. The number of aliphatic hydroxyl groups is 1. The Labute approximate surface area is 88.7 Å². The van der Waals surface area contributed by atoms with Gasteiger partial charge in [0.2, 0.25) is 0 Å². The van der Waals surface area contributed by atoms with Gasteiger partial charge in [-0.15, -0.1) is 11.8 Å². The van der Waals surface area contributed by atoms with E-state index < -0.39 is 0 Å². The maximum absolute atomic E-state index is 9.75. The van der Waals surface area contributed by atoms with E-state index in [0.29, 0.717) is 5.25 Å². The molecule has 2 rings (SSSR count). The van der Waals surface area contributed by atoms with Gasteiger partial charge < -0.3 is 9.52 Å². The minimum Gasteiger partial charge on any atom is -0.468 e. The second-order valence-electron chi connectivity index (χ2n) is 3.78. The van der Waals surface area contributed by atoms with E-state index in [-0.39, 0.29) is 6.10 Å². The lowest BCUT2D eigenvalue weighted by atomic mass is 9.97. The summed E-state index contributed by atoms with van der Waals surface area (Å²) < 4.78 is 5.26. The van der Waals surface area contributed by atoms with Crippen LogP contribution in [0.25, 0.3) is 0 Å². The number of hydrogen-bond donors (Lipinski definition) is 1. The highest BCUT2D eigenvalue weighted by Gasteiger charge is 2.23. The van der Waals surface area contributed by atoms with Crippen LogP contribution >= 0.6 is 11.8 Å². The van der Waals surface area contributed by atoms with E-state index in [2.05, 4.69) is 0 Å². The molecule has 1 aromatic rings. The smallest absolute Gasteiger partial charge is 0.113 e. The molecule has 2 unspecified atom stereocenters. The van der Waals surface area contributed by atoms with Crippen molar-refractivity contribution < 1.29 is 9.52 Å². The maximum Gasteiger partial charge on any atom is 0.113 e. The van der Waals surface area contributed by atoms with Crippen molar-refractivity contribution >= 4 is 11.8 Å². The lowest BCUT2D eigenvalue weighted by Gasteiger charge is -2.26. The van der Waals surface area contributed by atoms with Crippen LogP contribution in [0.4, 0.5) is 0 Å². The third kappa shape index (κ3) is 2.55. The average molecular weight is 212 g/mol. The monoisotopic (exact) mass is 212 g/mol. The minimum absolute atomic E-state index is 0.108. The Morgan fingerprint density at radius 3 is 3.00 bits per heavy atom. The van der Waals surface area contributed by atoms with Crippen molar-refractivity contribution in [2.75, 3.05) is 0 Å². The van der Waals surface area contributed by atoms with Gasteiger partial charge >= 0.3 is 0 Å². The first-order chi connectivity index (χ1) is 6.86. The Morgan fingerprint density at radius 2 is 2.29 bits per heavy atom. The van der Waals surface area contributed by atoms with Crippen molar-refractivity contribution in [2.45, 2.75) is 42.8 Å². The second kappa shape index (κ2) is 4.89. The van der Waals surface area contributed by atoms with Crippen LogP contribution in [0.1, 0.15) is 31.4 Å². The van der Waals surface area contributed by atoms with Gasteiger partial charge in [0.1, 0.15) is 5.76 Å². The summed E-state index contributed by atoms with van der Waals surface area (Å²) in [6.45, 7) is 0. The summed E-state index contributed by atoms with van der Waals surface area (Å²) in [4.78, 5) is 0. The van der Waals surface area contributed by atoms with Gasteiger partial charge in [-0.1, -0.05) is 12.8 Å². The molecule has 3 heteroatoms. The van der Waals surface area contributed by atoms with Crippen LogP contribution in [0.5, 0.6) is 0 Å². The van der Waals surface area contributed by atoms with Crippen LogP contribution in [-0.2, 0) is 5.75 Å².